The van der Waals surface area contributed by atoms with Gasteiger partial charge in [0, 0.05) is 68.0 Å². The molecule has 248 valence electrons. The van der Waals surface area contributed by atoms with Crippen molar-refractivity contribution in [2.45, 2.75) is 25.9 Å². The molecule has 0 radical (unpaired) electrons. The van der Waals surface area contributed by atoms with Gasteiger partial charge in [-0.05, 0) is 86.3 Å². The number of rotatable bonds is 7. The van der Waals surface area contributed by atoms with Crippen LogP contribution in [-0.4, -0.2) is 71.0 Å². The fraction of sp³-hybridized carbons (Fsp3) is 0.263. The van der Waals surface area contributed by atoms with E-state index < -0.39 is 0 Å². The van der Waals surface area contributed by atoms with E-state index in [-0.39, 0.29) is 11.8 Å². The number of hydrogen-bond acceptors (Lipinski definition) is 8. The molecule has 0 unspecified atom stereocenters. The SMILES string of the molecule is O=C1c2c(Br)cccc2CN1CCc1ccc2sccc2n1.O=C1c2c(cccc2N2CCOCC2)CN1CCc1ccc2sccc2n1. The average molecular weight is 753 g/mol. The van der Waals surface area contributed by atoms with Gasteiger partial charge in [-0.1, -0.05) is 24.3 Å². The van der Waals surface area contributed by atoms with Crippen LogP contribution in [0.4, 0.5) is 5.69 Å². The molecule has 1 saturated heterocycles. The Hall–Kier alpha value is -4.16. The van der Waals surface area contributed by atoms with Crippen molar-refractivity contribution >= 4 is 76.5 Å². The van der Waals surface area contributed by atoms with E-state index in [9.17, 15) is 9.59 Å². The second kappa shape index (κ2) is 14.0. The predicted molar refractivity (Wildman–Crippen MR) is 200 cm³/mol. The molecule has 2 amide bonds. The molecular formula is C38H34BrN5O3S2. The summed E-state index contributed by atoms with van der Waals surface area (Å²) in [6, 6.07) is 24.6. The standard InChI is InChI=1S/C21H21N3O2S.C17H13BrN2OS/c25-21-20-15(2-1-3-18(20)23-9-11-26-12-10-23)14-24(21)8-6-16-4-5-19-17(22-16)7-13-27-19;18-13-3-1-2-11-10-20(17(21)16(11)13)8-6-12-4-5-15-14(19-12)7-9-22-15/h1-5,7,13H,6,8-12,14H2;1-5,7,9H,6,8,10H2. The monoisotopic (exact) mass is 751 g/mol. The summed E-state index contributed by atoms with van der Waals surface area (Å²) in [5, 5.41) is 4.12. The Morgan fingerprint density at radius 2 is 1.22 bits per heavy atom. The summed E-state index contributed by atoms with van der Waals surface area (Å²) in [5.74, 6) is 0.253. The normalized spacial score (nSPS) is 15.6. The summed E-state index contributed by atoms with van der Waals surface area (Å²) in [6.07, 6.45) is 1.56. The molecule has 0 saturated carbocycles. The molecule has 49 heavy (non-hydrogen) atoms. The minimum absolute atomic E-state index is 0.110. The van der Waals surface area contributed by atoms with E-state index in [1.165, 1.54) is 9.40 Å². The number of benzene rings is 2. The number of anilines is 1. The second-order valence-electron chi connectivity index (χ2n) is 12.4. The molecule has 0 atom stereocenters. The number of ether oxygens (including phenoxy) is 1. The zero-order chi connectivity index (χ0) is 33.3. The van der Waals surface area contributed by atoms with E-state index in [2.05, 4.69) is 85.1 Å². The smallest absolute Gasteiger partial charge is 0.256 e. The largest absolute Gasteiger partial charge is 0.378 e. The minimum atomic E-state index is 0.110. The molecule has 2 aromatic carbocycles. The Morgan fingerprint density at radius 1 is 0.673 bits per heavy atom. The molecule has 0 spiro atoms. The topological polar surface area (TPSA) is 78.9 Å². The van der Waals surface area contributed by atoms with Crippen molar-refractivity contribution in [3.05, 3.63) is 122 Å². The van der Waals surface area contributed by atoms with Gasteiger partial charge in [-0.3, -0.25) is 19.6 Å². The van der Waals surface area contributed by atoms with E-state index >= 15 is 0 Å². The van der Waals surface area contributed by atoms with Crippen LogP contribution in [0.3, 0.4) is 0 Å². The molecule has 0 N–H and O–H groups in total. The van der Waals surface area contributed by atoms with Gasteiger partial charge in [-0.25, -0.2) is 0 Å². The number of pyridine rings is 2. The minimum Gasteiger partial charge on any atom is -0.378 e. The third-order valence-electron chi connectivity index (χ3n) is 9.31. The highest BCUT2D eigenvalue weighted by atomic mass is 79.9. The quantitative estimate of drug-likeness (QED) is 0.167. The molecule has 1 fully saturated rings. The summed E-state index contributed by atoms with van der Waals surface area (Å²) in [6.45, 7) is 5.89. The molecule has 11 heteroatoms. The van der Waals surface area contributed by atoms with Crippen LogP contribution >= 0.6 is 38.6 Å². The van der Waals surface area contributed by atoms with Crippen LogP contribution in [-0.2, 0) is 30.7 Å². The number of thiophene rings is 2. The summed E-state index contributed by atoms with van der Waals surface area (Å²) >= 11 is 6.88. The van der Waals surface area contributed by atoms with Crippen molar-refractivity contribution < 1.29 is 14.3 Å². The molecule has 7 heterocycles. The van der Waals surface area contributed by atoms with Crippen LogP contribution in [0.15, 0.2) is 88.0 Å². The van der Waals surface area contributed by atoms with E-state index in [0.717, 1.165) is 94.0 Å². The van der Waals surface area contributed by atoms with Crippen LogP contribution in [0.1, 0.15) is 43.2 Å². The van der Waals surface area contributed by atoms with Crippen LogP contribution in [0.2, 0.25) is 0 Å². The number of fused-ring (bicyclic) bond motifs is 4. The van der Waals surface area contributed by atoms with Gasteiger partial charge in [0.2, 0.25) is 0 Å². The molecule has 8 nitrogen and oxygen atoms in total. The van der Waals surface area contributed by atoms with Crippen LogP contribution < -0.4 is 4.90 Å². The molecule has 3 aliphatic rings. The molecule has 6 aromatic rings. The first kappa shape index (κ1) is 32.1. The fourth-order valence-electron chi connectivity index (χ4n) is 6.77. The van der Waals surface area contributed by atoms with Gasteiger partial charge < -0.3 is 19.4 Å². The summed E-state index contributed by atoms with van der Waals surface area (Å²) < 4.78 is 8.75. The maximum Gasteiger partial charge on any atom is 0.256 e. The van der Waals surface area contributed by atoms with E-state index in [1.807, 2.05) is 34.1 Å². The first-order chi connectivity index (χ1) is 24.0. The molecule has 0 bridgehead atoms. The first-order valence-electron chi connectivity index (χ1n) is 16.5. The molecular weight excluding hydrogens is 718 g/mol. The van der Waals surface area contributed by atoms with Gasteiger partial charge in [-0.2, -0.15) is 0 Å². The predicted octanol–water partition coefficient (Wildman–Crippen LogP) is 7.59. The number of carbonyl (C=O) groups is 2. The van der Waals surface area contributed by atoms with Crippen LogP contribution in [0.5, 0.6) is 0 Å². The molecule has 0 aliphatic carbocycles. The highest BCUT2D eigenvalue weighted by molar-refractivity contribution is 9.10. The van der Waals surface area contributed by atoms with Gasteiger partial charge in [0.1, 0.15) is 0 Å². The van der Waals surface area contributed by atoms with E-state index in [0.29, 0.717) is 26.2 Å². The lowest BCUT2D eigenvalue weighted by Gasteiger charge is -2.30. The Kier molecular flexibility index (Phi) is 9.15. The summed E-state index contributed by atoms with van der Waals surface area (Å²) in [7, 11) is 0. The number of amides is 2. The Morgan fingerprint density at radius 3 is 1.82 bits per heavy atom. The zero-order valence-electron chi connectivity index (χ0n) is 26.8. The lowest BCUT2D eigenvalue weighted by Crippen LogP contribution is -2.37. The van der Waals surface area contributed by atoms with Crippen LogP contribution in [0, 0.1) is 0 Å². The van der Waals surface area contributed by atoms with Gasteiger partial charge in [-0.15, -0.1) is 22.7 Å². The van der Waals surface area contributed by atoms with Crippen molar-refractivity contribution in [1.82, 2.24) is 19.8 Å². The number of morpholine rings is 1. The van der Waals surface area contributed by atoms with Crippen molar-refractivity contribution in [2.24, 2.45) is 0 Å². The fourth-order valence-corrected chi connectivity index (χ4v) is 8.80. The average Bonchev–Trinajstić information content (AvgIpc) is 3.93. The first-order valence-corrected chi connectivity index (χ1v) is 19.0. The zero-order valence-corrected chi connectivity index (χ0v) is 30.0. The summed E-state index contributed by atoms with van der Waals surface area (Å²) in [4.78, 5) is 41.1. The highest BCUT2D eigenvalue weighted by Crippen LogP contribution is 2.33. The Bertz CT molecular complexity index is 2180. The van der Waals surface area contributed by atoms with Gasteiger partial charge in [0.15, 0.2) is 0 Å². The number of carbonyl (C=O) groups excluding carboxylic acids is 2. The van der Waals surface area contributed by atoms with Crippen molar-refractivity contribution in [3.63, 3.8) is 0 Å². The maximum atomic E-state index is 13.1. The number of hydrogen-bond donors (Lipinski definition) is 0. The third kappa shape index (κ3) is 6.60. The second-order valence-corrected chi connectivity index (χ2v) is 15.1. The van der Waals surface area contributed by atoms with Crippen molar-refractivity contribution in [2.75, 3.05) is 44.3 Å². The molecule has 9 rings (SSSR count). The molecule has 4 aromatic heterocycles. The lowest BCUT2D eigenvalue weighted by atomic mass is 10.1. The van der Waals surface area contributed by atoms with E-state index in [4.69, 9.17) is 9.72 Å². The molecule has 3 aliphatic heterocycles. The highest BCUT2D eigenvalue weighted by Gasteiger charge is 2.32. The number of nitrogens with zero attached hydrogens (tertiary/aromatic N) is 5. The van der Waals surface area contributed by atoms with Crippen LogP contribution in [0.25, 0.3) is 20.4 Å². The lowest BCUT2D eigenvalue weighted by molar-refractivity contribution is 0.0772. The van der Waals surface area contributed by atoms with Gasteiger partial charge in [0.25, 0.3) is 11.8 Å². The summed E-state index contributed by atoms with van der Waals surface area (Å²) in [5.41, 5.74) is 9.13. The van der Waals surface area contributed by atoms with Gasteiger partial charge in [0.05, 0.1) is 50.5 Å². The van der Waals surface area contributed by atoms with Crippen molar-refractivity contribution in [3.8, 4) is 0 Å². The third-order valence-corrected chi connectivity index (χ3v) is 11.7. The Labute approximate surface area is 301 Å². The Balaban J connectivity index is 0.000000145. The number of aromatic nitrogens is 2. The maximum absolute atomic E-state index is 13.1. The number of halogens is 1. The van der Waals surface area contributed by atoms with Gasteiger partial charge >= 0.3 is 0 Å². The van der Waals surface area contributed by atoms with E-state index in [1.54, 1.807) is 22.7 Å². The van der Waals surface area contributed by atoms with Crippen molar-refractivity contribution in [1.29, 1.82) is 0 Å².